The summed E-state index contributed by atoms with van der Waals surface area (Å²) in [4.78, 5) is 0. The van der Waals surface area contributed by atoms with E-state index in [9.17, 15) is 0 Å². The molecule has 2 aromatic rings. The minimum atomic E-state index is 0.503. The Morgan fingerprint density at radius 3 is 2.35 bits per heavy atom. The van der Waals surface area contributed by atoms with Gasteiger partial charge < -0.3 is 24.8 Å². The Morgan fingerprint density at radius 2 is 1.65 bits per heavy atom. The number of ether oxygens (including phenoxy) is 3. The maximum atomic E-state index is 5.56. The lowest BCUT2D eigenvalue weighted by molar-refractivity contribution is 0.324. The molecular formula is C21H26N2O3. The van der Waals surface area contributed by atoms with Crippen LogP contribution in [0, 0.1) is 0 Å². The van der Waals surface area contributed by atoms with Crippen LogP contribution >= 0.6 is 0 Å². The van der Waals surface area contributed by atoms with Gasteiger partial charge in [0.1, 0.15) is 0 Å². The Bertz CT molecular complexity index is 781. The van der Waals surface area contributed by atoms with Crippen molar-refractivity contribution in [3.05, 3.63) is 35.9 Å². The van der Waals surface area contributed by atoms with Crippen molar-refractivity contribution in [1.29, 1.82) is 0 Å². The van der Waals surface area contributed by atoms with E-state index in [1.165, 1.54) is 16.8 Å². The van der Waals surface area contributed by atoms with Crippen LogP contribution in [0.5, 0.6) is 17.2 Å². The Morgan fingerprint density at radius 1 is 0.923 bits per heavy atom. The van der Waals surface area contributed by atoms with Gasteiger partial charge in [-0.05, 0) is 60.8 Å². The van der Waals surface area contributed by atoms with Gasteiger partial charge in [0.05, 0.1) is 21.3 Å². The van der Waals surface area contributed by atoms with Gasteiger partial charge in [-0.2, -0.15) is 0 Å². The molecule has 0 radical (unpaired) electrons. The van der Waals surface area contributed by atoms with Crippen LogP contribution in [0.1, 0.15) is 24.3 Å². The first-order valence-corrected chi connectivity index (χ1v) is 9.17. The summed E-state index contributed by atoms with van der Waals surface area (Å²) >= 11 is 0. The van der Waals surface area contributed by atoms with E-state index < -0.39 is 0 Å². The second kappa shape index (κ2) is 7.08. The highest BCUT2D eigenvalue weighted by Gasteiger charge is 2.35. The fourth-order valence-corrected chi connectivity index (χ4v) is 4.34. The highest BCUT2D eigenvalue weighted by Crippen LogP contribution is 2.48. The highest BCUT2D eigenvalue weighted by atomic mass is 16.5. The van der Waals surface area contributed by atoms with Gasteiger partial charge in [-0.3, -0.25) is 0 Å². The number of methoxy groups -OCH3 is 3. The van der Waals surface area contributed by atoms with Crippen LogP contribution < -0.4 is 24.8 Å². The van der Waals surface area contributed by atoms with Crippen LogP contribution in [0.15, 0.2) is 30.3 Å². The number of hydrogen-bond donors (Lipinski definition) is 2. The largest absolute Gasteiger partial charge is 0.493 e. The molecule has 5 nitrogen and oxygen atoms in total. The normalized spacial score (nSPS) is 21.2. The molecule has 1 fully saturated rings. The summed E-state index contributed by atoms with van der Waals surface area (Å²) in [6, 6.07) is 11.1. The molecule has 26 heavy (non-hydrogen) atoms. The van der Waals surface area contributed by atoms with Crippen LogP contribution in [0.3, 0.4) is 0 Å². The summed E-state index contributed by atoms with van der Waals surface area (Å²) < 4.78 is 16.6. The molecular weight excluding hydrogens is 328 g/mol. The molecule has 2 aliphatic heterocycles. The minimum absolute atomic E-state index is 0.503. The smallest absolute Gasteiger partial charge is 0.203 e. The van der Waals surface area contributed by atoms with Gasteiger partial charge in [0, 0.05) is 17.6 Å². The third-order valence-electron chi connectivity index (χ3n) is 5.54. The van der Waals surface area contributed by atoms with Crippen molar-refractivity contribution in [2.75, 3.05) is 39.7 Å². The average Bonchev–Trinajstić information content (AvgIpc) is 2.88. The Kier molecular flexibility index (Phi) is 4.64. The van der Waals surface area contributed by atoms with Crippen LogP contribution in [0.25, 0.3) is 11.1 Å². The first-order valence-electron chi connectivity index (χ1n) is 9.17. The lowest BCUT2D eigenvalue weighted by Gasteiger charge is -2.19. The molecule has 2 heterocycles. The quantitative estimate of drug-likeness (QED) is 0.878. The molecule has 2 atom stereocenters. The molecule has 2 N–H and O–H groups in total. The number of hydrogen-bond acceptors (Lipinski definition) is 5. The second-order valence-electron chi connectivity index (χ2n) is 6.87. The monoisotopic (exact) mass is 354 g/mol. The van der Waals surface area contributed by atoms with Gasteiger partial charge in [0.2, 0.25) is 5.75 Å². The maximum absolute atomic E-state index is 5.56. The second-order valence-corrected chi connectivity index (χ2v) is 6.87. The van der Waals surface area contributed by atoms with Gasteiger partial charge in [-0.1, -0.05) is 12.1 Å². The number of rotatable bonds is 4. The fourth-order valence-electron chi connectivity index (χ4n) is 4.34. The van der Waals surface area contributed by atoms with E-state index in [0.29, 0.717) is 29.2 Å². The third-order valence-corrected chi connectivity index (χ3v) is 5.54. The molecule has 0 aromatic heterocycles. The van der Waals surface area contributed by atoms with Gasteiger partial charge >= 0.3 is 0 Å². The highest BCUT2D eigenvalue weighted by molar-refractivity contribution is 5.80. The zero-order valence-corrected chi connectivity index (χ0v) is 15.6. The van der Waals surface area contributed by atoms with Crippen molar-refractivity contribution in [2.45, 2.75) is 24.8 Å². The van der Waals surface area contributed by atoms with Crippen molar-refractivity contribution in [1.82, 2.24) is 5.32 Å². The van der Waals surface area contributed by atoms with Crippen LogP contribution in [-0.4, -0.2) is 40.5 Å². The lowest BCUT2D eigenvalue weighted by Crippen LogP contribution is -2.21. The van der Waals surface area contributed by atoms with Crippen molar-refractivity contribution < 1.29 is 14.2 Å². The van der Waals surface area contributed by atoms with E-state index in [1.807, 2.05) is 12.1 Å². The Labute approximate surface area is 154 Å². The lowest BCUT2D eigenvalue weighted by atomic mass is 9.86. The van der Waals surface area contributed by atoms with Crippen LogP contribution in [-0.2, 0) is 0 Å². The number of nitrogens with one attached hydrogen (secondary N) is 2. The molecule has 0 saturated carbocycles. The molecule has 2 aliphatic rings. The minimum Gasteiger partial charge on any atom is -0.493 e. The maximum Gasteiger partial charge on any atom is 0.203 e. The zero-order valence-electron chi connectivity index (χ0n) is 15.6. The SMILES string of the molecule is COc1cc(-c2cccc3c2[C@@H]2CCNCC[C@@H]2N3)cc(OC)c1OC. The molecule has 0 spiro atoms. The first kappa shape index (κ1) is 17.0. The predicted octanol–water partition coefficient (Wildman–Crippen LogP) is 3.64. The van der Waals surface area contributed by atoms with Crippen molar-refractivity contribution >= 4 is 5.69 Å². The van der Waals surface area contributed by atoms with Gasteiger partial charge in [-0.25, -0.2) is 0 Å². The van der Waals surface area contributed by atoms with E-state index in [2.05, 4.69) is 28.8 Å². The molecule has 138 valence electrons. The molecule has 0 amide bonds. The van der Waals surface area contributed by atoms with Gasteiger partial charge in [-0.15, -0.1) is 0 Å². The van der Waals surface area contributed by atoms with E-state index in [4.69, 9.17) is 14.2 Å². The van der Waals surface area contributed by atoms with Crippen molar-refractivity contribution in [3.8, 4) is 28.4 Å². The summed E-state index contributed by atoms with van der Waals surface area (Å²) in [7, 11) is 4.95. The molecule has 2 aromatic carbocycles. The third kappa shape index (κ3) is 2.76. The van der Waals surface area contributed by atoms with Gasteiger partial charge in [0.25, 0.3) is 0 Å². The Hall–Kier alpha value is -2.40. The zero-order chi connectivity index (χ0) is 18.1. The molecule has 0 aliphatic carbocycles. The summed E-state index contributed by atoms with van der Waals surface area (Å²) in [5, 5.41) is 7.26. The van der Waals surface area contributed by atoms with Crippen LogP contribution in [0.4, 0.5) is 5.69 Å². The fraction of sp³-hybridized carbons (Fsp3) is 0.429. The molecule has 0 unspecified atom stereocenters. The standard InChI is InChI=1S/C21H26N2O3/c1-24-18-11-13(12-19(25-2)21(18)26-3)14-5-4-6-17-20(14)15-7-9-22-10-8-16(15)23-17/h4-6,11-12,15-16,22-23H,7-10H2,1-3H3/t15-,16+/m1/s1. The number of benzene rings is 2. The summed E-state index contributed by atoms with van der Waals surface area (Å²) in [5.74, 6) is 2.52. The molecule has 4 rings (SSSR count). The first-order chi connectivity index (χ1) is 12.8. The van der Waals surface area contributed by atoms with Crippen molar-refractivity contribution in [3.63, 3.8) is 0 Å². The molecule has 5 heteroatoms. The molecule has 1 saturated heterocycles. The van der Waals surface area contributed by atoms with E-state index in [0.717, 1.165) is 31.5 Å². The number of anilines is 1. The summed E-state index contributed by atoms with van der Waals surface area (Å²) in [5.41, 5.74) is 5.00. The Balaban J connectivity index is 1.85. The van der Waals surface area contributed by atoms with E-state index >= 15 is 0 Å². The van der Waals surface area contributed by atoms with Gasteiger partial charge in [0.15, 0.2) is 11.5 Å². The average molecular weight is 354 g/mol. The van der Waals surface area contributed by atoms with Crippen molar-refractivity contribution in [2.24, 2.45) is 0 Å². The summed E-state index contributed by atoms with van der Waals surface area (Å²) in [6.45, 7) is 2.13. The molecule has 0 bridgehead atoms. The topological polar surface area (TPSA) is 51.8 Å². The van der Waals surface area contributed by atoms with E-state index in [-0.39, 0.29) is 0 Å². The summed E-state index contributed by atoms with van der Waals surface area (Å²) in [6.07, 6.45) is 2.29. The predicted molar refractivity (Wildman–Crippen MR) is 104 cm³/mol. The van der Waals surface area contributed by atoms with E-state index in [1.54, 1.807) is 21.3 Å². The number of fused-ring (bicyclic) bond motifs is 3. The van der Waals surface area contributed by atoms with Crippen LogP contribution in [0.2, 0.25) is 0 Å².